The fourth-order valence-corrected chi connectivity index (χ4v) is 2.71. The van der Waals surface area contributed by atoms with Crippen LogP contribution < -0.4 is 5.32 Å². The first-order valence-corrected chi connectivity index (χ1v) is 7.03. The van der Waals surface area contributed by atoms with E-state index in [-0.39, 0.29) is 6.04 Å². The molecule has 0 saturated carbocycles. The van der Waals surface area contributed by atoms with E-state index in [1.807, 2.05) is 12.1 Å². The van der Waals surface area contributed by atoms with Gasteiger partial charge in [0.15, 0.2) is 0 Å². The highest BCUT2D eigenvalue weighted by Crippen LogP contribution is 2.16. The van der Waals surface area contributed by atoms with Crippen LogP contribution in [0.1, 0.15) is 24.3 Å². The summed E-state index contributed by atoms with van der Waals surface area (Å²) in [6.07, 6.45) is 2.72. The molecule has 18 heavy (non-hydrogen) atoms. The minimum absolute atomic E-state index is 0.110. The summed E-state index contributed by atoms with van der Waals surface area (Å²) in [4.78, 5) is 0. The van der Waals surface area contributed by atoms with Crippen LogP contribution in [0.3, 0.4) is 0 Å². The van der Waals surface area contributed by atoms with E-state index in [2.05, 4.69) is 29.1 Å². The Hall–Kier alpha value is -1.10. The molecule has 2 heterocycles. The summed E-state index contributed by atoms with van der Waals surface area (Å²) >= 11 is 1.74. The molecule has 2 aromatic rings. The summed E-state index contributed by atoms with van der Waals surface area (Å²) < 4.78 is 10.7. The van der Waals surface area contributed by atoms with E-state index in [1.165, 1.54) is 5.56 Å². The highest BCUT2D eigenvalue weighted by Gasteiger charge is 2.16. The molecule has 0 radical (unpaired) electrons. The van der Waals surface area contributed by atoms with Crippen LogP contribution in [0.2, 0.25) is 0 Å². The van der Waals surface area contributed by atoms with Gasteiger partial charge in [0.1, 0.15) is 5.76 Å². The number of rotatable bonds is 7. The average molecular weight is 265 g/mol. The maximum Gasteiger partial charge on any atom is 0.123 e. The number of methoxy groups -OCH3 is 1. The Morgan fingerprint density at radius 1 is 1.44 bits per heavy atom. The lowest BCUT2D eigenvalue weighted by Gasteiger charge is -2.21. The molecule has 2 aromatic heterocycles. The third-order valence-corrected chi connectivity index (χ3v) is 3.56. The zero-order valence-corrected chi connectivity index (χ0v) is 11.6. The first kappa shape index (κ1) is 13.3. The topological polar surface area (TPSA) is 34.4 Å². The summed E-state index contributed by atoms with van der Waals surface area (Å²) in [5, 5.41) is 7.85. The van der Waals surface area contributed by atoms with Crippen molar-refractivity contribution >= 4 is 11.3 Å². The van der Waals surface area contributed by atoms with Crippen molar-refractivity contribution in [3.8, 4) is 0 Å². The van der Waals surface area contributed by atoms with Crippen LogP contribution in [0, 0.1) is 0 Å². The predicted molar refractivity (Wildman–Crippen MR) is 73.9 cm³/mol. The predicted octanol–water partition coefficient (Wildman–Crippen LogP) is 3.25. The normalized spacial score (nSPS) is 14.6. The summed E-state index contributed by atoms with van der Waals surface area (Å²) in [5.74, 6) is 0.925. The molecule has 0 fully saturated rings. The van der Waals surface area contributed by atoms with Gasteiger partial charge in [0, 0.05) is 13.2 Å². The van der Waals surface area contributed by atoms with Crippen LogP contribution in [0.5, 0.6) is 0 Å². The number of furan rings is 1. The molecule has 0 aliphatic carbocycles. The van der Waals surface area contributed by atoms with Gasteiger partial charge in [-0.25, -0.2) is 0 Å². The third-order valence-electron chi connectivity index (χ3n) is 2.83. The second-order valence-electron chi connectivity index (χ2n) is 4.43. The van der Waals surface area contributed by atoms with E-state index < -0.39 is 0 Å². The van der Waals surface area contributed by atoms with Gasteiger partial charge in [-0.05, 0) is 47.9 Å². The Morgan fingerprint density at radius 3 is 2.94 bits per heavy atom. The number of hydrogen-bond acceptors (Lipinski definition) is 4. The molecule has 0 aliphatic rings. The monoisotopic (exact) mass is 265 g/mol. The van der Waals surface area contributed by atoms with Crippen molar-refractivity contribution in [3.63, 3.8) is 0 Å². The number of hydrogen-bond donors (Lipinski definition) is 1. The second-order valence-corrected chi connectivity index (χ2v) is 5.21. The molecular weight excluding hydrogens is 246 g/mol. The summed E-state index contributed by atoms with van der Waals surface area (Å²) in [6.45, 7) is 2.80. The Bertz CT molecular complexity index is 425. The van der Waals surface area contributed by atoms with Crippen LogP contribution in [0.25, 0.3) is 0 Å². The zero-order valence-electron chi connectivity index (χ0n) is 10.8. The second kappa shape index (κ2) is 6.73. The molecule has 1 N–H and O–H groups in total. The van der Waals surface area contributed by atoms with E-state index in [9.17, 15) is 0 Å². The van der Waals surface area contributed by atoms with E-state index in [4.69, 9.17) is 9.15 Å². The Labute approximate surface area is 112 Å². The summed E-state index contributed by atoms with van der Waals surface area (Å²) in [5.41, 5.74) is 1.37. The molecule has 0 bridgehead atoms. The molecule has 0 aromatic carbocycles. The Kier molecular flexibility index (Phi) is 4.99. The maximum absolute atomic E-state index is 5.44. The van der Waals surface area contributed by atoms with Gasteiger partial charge in [-0.3, -0.25) is 0 Å². The highest BCUT2D eigenvalue weighted by atomic mass is 32.1. The molecule has 2 atom stereocenters. The Morgan fingerprint density at radius 2 is 2.33 bits per heavy atom. The van der Waals surface area contributed by atoms with Gasteiger partial charge >= 0.3 is 0 Å². The van der Waals surface area contributed by atoms with Gasteiger partial charge in [0.25, 0.3) is 0 Å². The van der Waals surface area contributed by atoms with Crippen molar-refractivity contribution < 1.29 is 9.15 Å². The lowest BCUT2D eigenvalue weighted by Crippen LogP contribution is -2.34. The van der Waals surface area contributed by atoms with Crippen molar-refractivity contribution in [1.29, 1.82) is 0 Å². The zero-order chi connectivity index (χ0) is 12.8. The quantitative estimate of drug-likeness (QED) is 0.834. The molecule has 4 heteroatoms. The summed E-state index contributed by atoms with van der Waals surface area (Å²) in [6, 6.07) is 6.54. The largest absolute Gasteiger partial charge is 0.468 e. The van der Waals surface area contributed by atoms with E-state index in [0.29, 0.717) is 12.6 Å². The minimum Gasteiger partial charge on any atom is -0.468 e. The fraction of sp³-hybridized carbons (Fsp3) is 0.429. The van der Waals surface area contributed by atoms with Gasteiger partial charge in [-0.15, -0.1) is 0 Å². The first-order chi connectivity index (χ1) is 8.79. The maximum atomic E-state index is 5.44. The van der Waals surface area contributed by atoms with Crippen molar-refractivity contribution in [2.75, 3.05) is 13.7 Å². The molecule has 3 nitrogen and oxygen atoms in total. The van der Waals surface area contributed by atoms with Crippen LogP contribution in [0.15, 0.2) is 39.6 Å². The van der Waals surface area contributed by atoms with Crippen molar-refractivity contribution in [1.82, 2.24) is 5.32 Å². The van der Waals surface area contributed by atoms with E-state index in [1.54, 1.807) is 24.7 Å². The average Bonchev–Trinajstić information content (AvgIpc) is 3.00. The standard InChI is InChI=1S/C14H19NO2S/c1-11(8-12-5-7-18-10-12)15-13(9-16-2)14-4-3-6-17-14/h3-7,10-11,13,15H,8-9H2,1-2H3/t11-,13-/m1/s1. The minimum atomic E-state index is 0.110. The highest BCUT2D eigenvalue weighted by molar-refractivity contribution is 7.07. The van der Waals surface area contributed by atoms with Gasteiger partial charge < -0.3 is 14.5 Å². The SMILES string of the molecule is COC[C@@H](N[C@H](C)Cc1ccsc1)c1ccco1. The van der Waals surface area contributed by atoms with Gasteiger partial charge in [-0.1, -0.05) is 0 Å². The third kappa shape index (κ3) is 3.70. The van der Waals surface area contributed by atoms with Crippen molar-refractivity contribution in [3.05, 3.63) is 46.5 Å². The van der Waals surface area contributed by atoms with Gasteiger partial charge in [0.05, 0.1) is 18.9 Å². The fourth-order valence-electron chi connectivity index (χ4n) is 2.03. The lowest BCUT2D eigenvalue weighted by atomic mass is 10.1. The van der Waals surface area contributed by atoms with E-state index >= 15 is 0 Å². The van der Waals surface area contributed by atoms with Crippen LogP contribution in [-0.4, -0.2) is 19.8 Å². The van der Waals surface area contributed by atoms with Crippen molar-refractivity contribution in [2.45, 2.75) is 25.4 Å². The molecule has 0 spiro atoms. The molecule has 0 saturated heterocycles. The smallest absolute Gasteiger partial charge is 0.123 e. The van der Waals surface area contributed by atoms with Crippen LogP contribution in [0.4, 0.5) is 0 Å². The van der Waals surface area contributed by atoms with Gasteiger partial charge in [-0.2, -0.15) is 11.3 Å². The molecule has 2 rings (SSSR count). The summed E-state index contributed by atoms with van der Waals surface area (Å²) in [7, 11) is 1.71. The molecular formula is C14H19NO2S. The van der Waals surface area contributed by atoms with Gasteiger partial charge in [0.2, 0.25) is 0 Å². The molecule has 98 valence electrons. The van der Waals surface area contributed by atoms with Crippen LogP contribution >= 0.6 is 11.3 Å². The lowest BCUT2D eigenvalue weighted by molar-refractivity contribution is 0.152. The van der Waals surface area contributed by atoms with Crippen LogP contribution in [-0.2, 0) is 11.2 Å². The number of nitrogens with one attached hydrogen (secondary N) is 1. The number of ether oxygens (including phenoxy) is 1. The first-order valence-electron chi connectivity index (χ1n) is 6.09. The van der Waals surface area contributed by atoms with Crippen molar-refractivity contribution in [2.24, 2.45) is 0 Å². The number of thiophene rings is 1. The molecule has 0 unspecified atom stereocenters. The molecule has 0 amide bonds. The molecule has 0 aliphatic heterocycles. The Balaban J connectivity index is 1.92. The van der Waals surface area contributed by atoms with E-state index in [0.717, 1.165) is 12.2 Å².